The molecule has 1 unspecified atom stereocenters. The largest absolute Gasteiger partial charge is 0.480 e. The maximum Gasteiger partial charge on any atom is 0.326 e. The van der Waals surface area contributed by atoms with Crippen molar-refractivity contribution in [2.75, 3.05) is 0 Å². The van der Waals surface area contributed by atoms with Crippen LogP contribution in [0.25, 0.3) is 0 Å². The van der Waals surface area contributed by atoms with E-state index in [0.717, 1.165) is 0 Å². The minimum absolute atomic E-state index is 0.0263. The summed E-state index contributed by atoms with van der Waals surface area (Å²) < 4.78 is 0. The summed E-state index contributed by atoms with van der Waals surface area (Å²) in [5, 5.41) is 14.2. The molecule has 1 rings (SSSR count). The van der Waals surface area contributed by atoms with Crippen LogP contribution in [-0.4, -0.2) is 39.2 Å². The van der Waals surface area contributed by atoms with Gasteiger partial charge in [-0.05, 0) is 12.8 Å². The van der Waals surface area contributed by atoms with Crippen molar-refractivity contribution in [3.05, 3.63) is 18.2 Å². The van der Waals surface area contributed by atoms with Gasteiger partial charge in [-0.1, -0.05) is 13.8 Å². The topological polar surface area (TPSA) is 107 Å². The Morgan fingerprint density at radius 3 is 2.53 bits per heavy atom. The van der Waals surface area contributed by atoms with Gasteiger partial charge in [0, 0.05) is 24.4 Å². The fraction of sp³-hybridized carbons (Fsp3) is 0.583. The van der Waals surface area contributed by atoms with Crippen LogP contribution in [0.1, 0.15) is 26.5 Å². The second-order valence-corrected chi connectivity index (χ2v) is 4.82. The number of carboxylic acid groups (broad SMARTS) is 1. The van der Waals surface area contributed by atoms with Gasteiger partial charge in [0.1, 0.15) is 6.04 Å². The number of H-pyrrole nitrogens is 1. The zero-order chi connectivity index (χ0) is 14.4. The highest BCUT2D eigenvalue weighted by atomic mass is 16.4. The first-order chi connectivity index (χ1) is 8.90. The first-order valence-corrected chi connectivity index (χ1v) is 6.17. The fourth-order valence-electron chi connectivity index (χ4n) is 1.39. The molecule has 0 aliphatic carbocycles. The molecule has 0 aliphatic heterocycles. The number of urea groups is 1. The van der Waals surface area contributed by atoms with Crippen LogP contribution >= 0.6 is 0 Å². The number of imidazole rings is 1. The van der Waals surface area contributed by atoms with Gasteiger partial charge >= 0.3 is 12.0 Å². The Balaban J connectivity index is 2.54. The molecule has 1 heterocycles. The van der Waals surface area contributed by atoms with Crippen molar-refractivity contribution in [2.24, 2.45) is 5.92 Å². The number of carbonyl (C=O) groups excluding carboxylic acids is 1. The molecule has 1 aromatic heterocycles. The van der Waals surface area contributed by atoms with Crippen molar-refractivity contribution < 1.29 is 14.7 Å². The summed E-state index contributed by atoms with van der Waals surface area (Å²) in [5.41, 5.74) is 0.657. The van der Waals surface area contributed by atoms with E-state index in [1.54, 1.807) is 0 Å². The van der Waals surface area contributed by atoms with Crippen molar-refractivity contribution >= 4 is 12.0 Å². The number of aromatic amines is 1. The standard InChI is InChI=1S/C12H20N4O3/c1-7(2)8(3)15-12(19)16-10(11(17)18)4-9-5-13-6-14-9/h5-8,10H,4H2,1-3H3,(H,13,14)(H,17,18)(H2,15,16,19)/t8?,10-/m0/s1. The molecule has 2 amide bonds. The monoisotopic (exact) mass is 268 g/mol. The zero-order valence-electron chi connectivity index (χ0n) is 11.3. The molecule has 0 radical (unpaired) electrons. The van der Waals surface area contributed by atoms with E-state index in [2.05, 4.69) is 20.6 Å². The number of carbonyl (C=O) groups is 2. The second-order valence-electron chi connectivity index (χ2n) is 4.82. The third-order valence-corrected chi connectivity index (χ3v) is 2.94. The molecule has 0 bridgehead atoms. The van der Waals surface area contributed by atoms with Gasteiger partial charge in [-0.15, -0.1) is 0 Å². The molecule has 0 fully saturated rings. The van der Waals surface area contributed by atoms with E-state index in [1.807, 2.05) is 20.8 Å². The molecule has 106 valence electrons. The first-order valence-electron chi connectivity index (χ1n) is 6.17. The van der Waals surface area contributed by atoms with Gasteiger partial charge in [-0.25, -0.2) is 14.6 Å². The highest BCUT2D eigenvalue weighted by Crippen LogP contribution is 2.01. The van der Waals surface area contributed by atoms with Crippen LogP contribution in [0.15, 0.2) is 12.5 Å². The quantitative estimate of drug-likeness (QED) is 0.610. The van der Waals surface area contributed by atoms with Crippen LogP contribution in [0.5, 0.6) is 0 Å². The lowest BCUT2D eigenvalue weighted by atomic mass is 10.1. The number of nitrogens with one attached hydrogen (secondary N) is 3. The maximum atomic E-state index is 11.7. The predicted molar refractivity (Wildman–Crippen MR) is 69.7 cm³/mol. The average Bonchev–Trinajstić information content (AvgIpc) is 2.80. The van der Waals surface area contributed by atoms with E-state index in [0.29, 0.717) is 5.69 Å². The van der Waals surface area contributed by atoms with Gasteiger partial charge in [0.2, 0.25) is 0 Å². The van der Waals surface area contributed by atoms with Crippen molar-refractivity contribution in [1.29, 1.82) is 0 Å². The summed E-state index contributed by atoms with van der Waals surface area (Å²) in [7, 11) is 0. The van der Waals surface area contributed by atoms with E-state index in [1.165, 1.54) is 12.5 Å². The number of carboxylic acids is 1. The minimum Gasteiger partial charge on any atom is -0.480 e. The van der Waals surface area contributed by atoms with E-state index in [-0.39, 0.29) is 18.4 Å². The highest BCUT2D eigenvalue weighted by Gasteiger charge is 2.22. The lowest BCUT2D eigenvalue weighted by molar-refractivity contribution is -0.139. The van der Waals surface area contributed by atoms with Crippen LogP contribution in [-0.2, 0) is 11.2 Å². The van der Waals surface area contributed by atoms with E-state index in [9.17, 15) is 9.59 Å². The summed E-state index contributed by atoms with van der Waals surface area (Å²) >= 11 is 0. The third kappa shape index (κ3) is 4.99. The Labute approximate surface area is 111 Å². The molecule has 0 spiro atoms. The molecule has 0 saturated carbocycles. The fourth-order valence-corrected chi connectivity index (χ4v) is 1.39. The van der Waals surface area contributed by atoms with E-state index in [4.69, 9.17) is 5.11 Å². The van der Waals surface area contributed by atoms with E-state index >= 15 is 0 Å². The molecule has 19 heavy (non-hydrogen) atoms. The second kappa shape index (κ2) is 6.77. The number of nitrogens with zero attached hydrogens (tertiary/aromatic N) is 1. The SMILES string of the molecule is CC(C)C(C)NC(=O)N[C@@H](Cc1cnc[nH]1)C(=O)O. The molecule has 2 atom stereocenters. The van der Waals surface area contributed by atoms with Gasteiger partial charge in [-0.2, -0.15) is 0 Å². The van der Waals surface area contributed by atoms with E-state index < -0.39 is 18.0 Å². The van der Waals surface area contributed by atoms with Crippen LogP contribution in [0, 0.1) is 5.92 Å². The lowest BCUT2D eigenvalue weighted by Crippen LogP contribution is -2.50. The first kappa shape index (κ1) is 15.0. The Morgan fingerprint density at radius 2 is 2.05 bits per heavy atom. The van der Waals surface area contributed by atoms with Crippen molar-refractivity contribution in [2.45, 2.75) is 39.3 Å². The van der Waals surface area contributed by atoms with Gasteiger partial charge in [0.25, 0.3) is 0 Å². The van der Waals surface area contributed by atoms with Gasteiger partial charge in [-0.3, -0.25) is 0 Å². The molecule has 1 aromatic rings. The zero-order valence-corrected chi connectivity index (χ0v) is 11.3. The number of hydrogen-bond acceptors (Lipinski definition) is 3. The Hall–Kier alpha value is -2.05. The van der Waals surface area contributed by atoms with Crippen LogP contribution in [0.4, 0.5) is 4.79 Å². The highest BCUT2D eigenvalue weighted by molar-refractivity contribution is 5.82. The normalized spacial score (nSPS) is 13.9. The third-order valence-electron chi connectivity index (χ3n) is 2.94. The van der Waals surface area contributed by atoms with Gasteiger partial charge in [0.15, 0.2) is 0 Å². The summed E-state index contributed by atoms with van der Waals surface area (Å²) in [5.74, 6) is -0.802. The van der Waals surface area contributed by atoms with Gasteiger partial charge in [0.05, 0.1) is 6.33 Å². The van der Waals surface area contributed by atoms with Crippen molar-refractivity contribution in [3.8, 4) is 0 Å². The predicted octanol–water partition coefficient (Wildman–Crippen LogP) is 0.749. The van der Waals surface area contributed by atoms with Crippen molar-refractivity contribution in [3.63, 3.8) is 0 Å². The van der Waals surface area contributed by atoms with Crippen LogP contribution in [0.3, 0.4) is 0 Å². The van der Waals surface area contributed by atoms with Crippen molar-refractivity contribution in [1.82, 2.24) is 20.6 Å². The number of aliphatic carboxylic acids is 1. The summed E-state index contributed by atoms with van der Waals surface area (Å²) in [6.45, 7) is 5.82. The Morgan fingerprint density at radius 1 is 1.37 bits per heavy atom. The maximum absolute atomic E-state index is 11.7. The molecular weight excluding hydrogens is 248 g/mol. The Kier molecular flexibility index (Phi) is 5.35. The summed E-state index contributed by atoms with van der Waals surface area (Å²) in [6, 6.07) is -1.49. The van der Waals surface area contributed by atoms with Gasteiger partial charge < -0.3 is 20.7 Å². The lowest BCUT2D eigenvalue weighted by Gasteiger charge is -2.20. The van der Waals surface area contributed by atoms with Crippen LogP contribution in [0.2, 0.25) is 0 Å². The molecular formula is C12H20N4O3. The molecule has 7 nitrogen and oxygen atoms in total. The number of aromatic nitrogens is 2. The molecule has 7 heteroatoms. The minimum atomic E-state index is -1.08. The smallest absolute Gasteiger partial charge is 0.326 e. The average molecular weight is 268 g/mol. The summed E-state index contributed by atoms with van der Waals surface area (Å²) in [6.07, 6.45) is 3.17. The number of amides is 2. The Bertz CT molecular complexity index is 417. The molecule has 0 aliphatic rings. The molecule has 0 saturated heterocycles. The number of hydrogen-bond donors (Lipinski definition) is 4. The molecule has 0 aromatic carbocycles. The molecule has 4 N–H and O–H groups in total. The van der Waals surface area contributed by atoms with Crippen LogP contribution < -0.4 is 10.6 Å². The number of rotatable bonds is 6. The summed E-state index contributed by atoms with van der Waals surface area (Å²) in [4.78, 5) is 29.4.